The topological polar surface area (TPSA) is 34.1 Å². The van der Waals surface area contributed by atoms with Crippen LogP contribution in [0, 0.1) is 5.92 Å². The molecular formula is C25H38O2. The fourth-order valence-corrected chi connectivity index (χ4v) is 4.41. The van der Waals surface area contributed by atoms with Crippen LogP contribution in [0.3, 0.4) is 0 Å². The predicted octanol–water partition coefficient (Wildman–Crippen LogP) is 7.26. The van der Waals surface area contributed by atoms with Gasteiger partial charge in [-0.2, -0.15) is 0 Å². The number of unbranched alkanes of at least 4 members (excludes halogenated alkanes) is 4. The van der Waals surface area contributed by atoms with Crippen LogP contribution < -0.4 is 0 Å². The number of carbonyl (C=O) groups excluding carboxylic acids is 2. The van der Waals surface area contributed by atoms with Crippen LogP contribution in [0.4, 0.5) is 0 Å². The molecule has 0 aromatic heterocycles. The molecule has 0 amide bonds. The van der Waals surface area contributed by atoms with Crippen LogP contribution in [0.5, 0.6) is 0 Å². The van der Waals surface area contributed by atoms with E-state index in [2.05, 4.69) is 19.1 Å². The zero-order valence-corrected chi connectivity index (χ0v) is 17.5. The number of benzene rings is 1. The smallest absolute Gasteiger partial charge is 0.170 e. The highest BCUT2D eigenvalue weighted by Crippen LogP contribution is 2.37. The van der Waals surface area contributed by atoms with Crippen molar-refractivity contribution >= 4 is 11.6 Å². The maximum absolute atomic E-state index is 12.2. The van der Waals surface area contributed by atoms with Gasteiger partial charge in [-0.1, -0.05) is 76.6 Å². The first-order valence-corrected chi connectivity index (χ1v) is 11.3. The zero-order chi connectivity index (χ0) is 19.5. The lowest BCUT2D eigenvalue weighted by Gasteiger charge is -2.29. The fraction of sp³-hybridized carbons (Fsp3) is 0.680. The third kappa shape index (κ3) is 7.60. The largest absolute Gasteiger partial charge is 0.299 e. The maximum atomic E-state index is 12.2. The minimum absolute atomic E-state index is 0.0354. The lowest BCUT2D eigenvalue weighted by atomic mass is 9.77. The Hall–Kier alpha value is -1.44. The summed E-state index contributed by atoms with van der Waals surface area (Å²) in [6.45, 7) is 4.24. The van der Waals surface area contributed by atoms with E-state index >= 15 is 0 Å². The van der Waals surface area contributed by atoms with Gasteiger partial charge in [0.15, 0.2) is 5.78 Å². The molecule has 0 spiro atoms. The van der Waals surface area contributed by atoms with E-state index in [9.17, 15) is 9.59 Å². The first kappa shape index (κ1) is 21.9. The van der Waals surface area contributed by atoms with Gasteiger partial charge in [-0.05, 0) is 49.5 Å². The summed E-state index contributed by atoms with van der Waals surface area (Å²) in [5.74, 6) is 1.59. The van der Waals surface area contributed by atoms with Gasteiger partial charge < -0.3 is 0 Å². The van der Waals surface area contributed by atoms with Crippen molar-refractivity contribution in [2.24, 2.45) is 5.92 Å². The molecule has 0 bridgehead atoms. The van der Waals surface area contributed by atoms with Crippen LogP contribution in [0.2, 0.25) is 0 Å². The van der Waals surface area contributed by atoms with Crippen LogP contribution >= 0.6 is 0 Å². The molecule has 0 aliphatic heterocycles. The average Bonchev–Trinajstić information content (AvgIpc) is 2.68. The Morgan fingerprint density at radius 3 is 2.15 bits per heavy atom. The molecule has 0 heterocycles. The molecule has 1 aliphatic rings. The van der Waals surface area contributed by atoms with Crippen molar-refractivity contribution in [3.05, 3.63) is 35.4 Å². The lowest BCUT2D eigenvalue weighted by Crippen LogP contribution is -2.13. The van der Waals surface area contributed by atoms with Crippen LogP contribution in [0.1, 0.15) is 119 Å². The second-order valence-corrected chi connectivity index (χ2v) is 8.43. The summed E-state index contributed by atoms with van der Waals surface area (Å²) in [6.07, 6.45) is 15.0. The van der Waals surface area contributed by atoms with Gasteiger partial charge >= 0.3 is 0 Å². The summed E-state index contributed by atoms with van der Waals surface area (Å²) in [5, 5.41) is 0. The van der Waals surface area contributed by atoms with Gasteiger partial charge in [0.1, 0.15) is 5.78 Å². The Morgan fingerprint density at radius 1 is 0.852 bits per heavy atom. The van der Waals surface area contributed by atoms with Crippen LogP contribution in [0.25, 0.3) is 0 Å². The van der Waals surface area contributed by atoms with E-state index in [0.717, 1.165) is 12.3 Å². The minimum atomic E-state index is -0.0354. The van der Waals surface area contributed by atoms with Crippen molar-refractivity contribution in [2.45, 2.75) is 103 Å². The Kier molecular flexibility index (Phi) is 9.80. The van der Waals surface area contributed by atoms with Gasteiger partial charge in [0, 0.05) is 12.0 Å². The van der Waals surface area contributed by atoms with Gasteiger partial charge in [0.2, 0.25) is 0 Å². The molecule has 1 saturated carbocycles. The highest BCUT2D eigenvalue weighted by Gasteiger charge is 2.22. The Labute approximate surface area is 166 Å². The molecule has 2 heteroatoms. The third-order valence-electron chi connectivity index (χ3n) is 6.15. The van der Waals surface area contributed by atoms with Gasteiger partial charge in [0.25, 0.3) is 0 Å². The van der Waals surface area contributed by atoms with Crippen LogP contribution in [-0.4, -0.2) is 11.6 Å². The highest BCUT2D eigenvalue weighted by molar-refractivity contribution is 6.07. The molecule has 0 N–H and O–H groups in total. The standard InChI is InChI=1S/C25H38O2/c1-3-5-6-7-8-10-20-11-13-21(14-12-20)22-15-17-23(18-16-22)25(27)19-24(26)9-4-2/h15-18,20-21H,3-14,19H2,1-2H3. The molecule has 0 radical (unpaired) electrons. The average molecular weight is 371 g/mol. The molecule has 0 saturated heterocycles. The van der Waals surface area contributed by atoms with E-state index in [1.165, 1.54) is 69.8 Å². The van der Waals surface area contributed by atoms with E-state index in [4.69, 9.17) is 0 Å². The number of ketones is 2. The van der Waals surface area contributed by atoms with E-state index in [1.807, 2.05) is 19.1 Å². The molecular weight excluding hydrogens is 332 g/mol. The summed E-state index contributed by atoms with van der Waals surface area (Å²) in [6, 6.07) is 8.09. The molecule has 0 unspecified atom stereocenters. The number of hydrogen-bond acceptors (Lipinski definition) is 2. The molecule has 150 valence electrons. The zero-order valence-electron chi connectivity index (χ0n) is 17.5. The third-order valence-corrected chi connectivity index (χ3v) is 6.15. The summed E-state index contributed by atoms with van der Waals surface area (Å²) in [7, 11) is 0. The molecule has 27 heavy (non-hydrogen) atoms. The fourth-order valence-electron chi connectivity index (χ4n) is 4.41. The quantitative estimate of drug-likeness (QED) is 0.220. The SMILES string of the molecule is CCCCCCCC1CCC(c2ccc(C(=O)CC(=O)CCC)cc2)CC1. The first-order valence-electron chi connectivity index (χ1n) is 11.3. The van der Waals surface area contributed by atoms with E-state index in [0.29, 0.717) is 17.9 Å². The van der Waals surface area contributed by atoms with Gasteiger partial charge in [-0.3, -0.25) is 9.59 Å². The summed E-state index contributed by atoms with van der Waals surface area (Å²) in [4.78, 5) is 23.9. The second-order valence-electron chi connectivity index (χ2n) is 8.43. The number of rotatable bonds is 12. The van der Waals surface area contributed by atoms with Gasteiger partial charge in [-0.15, -0.1) is 0 Å². The molecule has 2 nitrogen and oxygen atoms in total. The summed E-state index contributed by atoms with van der Waals surface area (Å²) in [5.41, 5.74) is 2.05. The monoisotopic (exact) mass is 370 g/mol. The van der Waals surface area contributed by atoms with Gasteiger partial charge in [0.05, 0.1) is 6.42 Å². The maximum Gasteiger partial charge on any atom is 0.170 e. The Balaban J connectivity index is 1.74. The first-order chi connectivity index (χ1) is 13.1. The van der Waals surface area contributed by atoms with Crippen molar-refractivity contribution in [1.29, 1.82) is 0 Å². The number of Topliss-reactive ketones (excluding diaryl/α,β-unsaturated/α-hetero) is 2. The predicted molar refractivity (Wildman–Crippen MR) is 113 cm³/mol. The van der Waals surface area contributed by atoms with Crippen molar-refractivity contribution in [3.63, 3.8) is 0 Å². The van der Waals surface area contributed by atoms with Gasteiger partial charge in [-0.25, -0.2) is 0 Å². The van der Waals surface area contributed by atoms with Crippen LogP contribution in [-0.2, 0) is 4.79 Å². The Bertz CT molecular complexity index is 564. The van der Waals surface area contributed by atoms with Crippen LogP contribution in [0.15, 0.2) is 24.3 Å². The highest BCUT2D eigenvalue weighted by atomic mass is 16.1. The molecule has 2 rings (SSSR count). The van der Waals surface area contributed by atoms with E-state index < -0.39 is 0 Å². The molecule has 1 fully saturated rings. The van der Waals surface area contributed by atoms with Crippen molar-refractivity contribution in [1.82, 2.24) is 0 Å². The lowest BCUT2D eigenvalue weighted by molar-refractivity contribution is -0.118. The summed E-state index contributed by atoms with van der Waals surface area (Å²) >= 11 is 0. The second kappa shape index (κ2) is 12.1. The summed E-state index contributed by atoms with van der Waals surface area (Å²) < 4.78 is 0. The molecule has 1 aromatic rings. The van der Waals surface area contributed by atoms with Crippen molar-refractivity contribution in [2.75, 3.05) is 0 Å². The minimum Gasteiger partial charge on any atom is -0.299 e. The van der Waals surface area contributed by atoms with Crippen molar-refractivity contribution in [3.8, 4) is 0 Å². The van der Waals surface area contributed by atoms with E-state index in [1.54, 1.807) is 0 Å². The Morgan fingerprint density at radius 2 is 1.52 bits per heavy atom. The normalized spacial score (nSPS) is 19.8. The number of carbonyl (C=O) groups is 2. The molecule has 1 aliphatic carbocycles. The van der Waals surface area contributed by atoms with Crippen molar-refractivity contribution < 1.29 is 9.59 Å². The van der Waals surface area contributed by atoms with E-state index in [-0.39, 0.29) is 18.0 Å². The number of hydrogen-bond donors (Lipinski definition) is 0. The molecule has 0 atom stereocenters. The molecule has 1 aromatic carbocycles.